The van der Waals surface area contributed by atoms with E-state index in [1.807, 2.05) is 43.3 Å². The van der Waals surface area contributed by atoms with E-state index in [4.69, 9.17) is 4.74 Å². The van der Waals surface area contributed by atoms with Crippen molar-refractivity contribution in [3.05, 3.63) is 48.5 Å². The topological polar surface area (TPSA) is 29.5 Å². The van der Waals surface area contributed by atoms with E-state index < -0.39 is 0 Å². The van der Waals surface area contributed by atoms with Crippen LogP contribution in [0.3, 0.4) is 0 Å². The third kappa shape index (κ3) is 2.16. The van der Waals surface area contributed by atoms with E-state index in [0.717, 1.165) is 11.1 Å². The zero-order valence-corrected chi connectivity index (χ0v) is 9.18. The molecule has 0 amide bonds. The highest BCUT2D eigenvalue weighted by Gasteiger charge is 2.04. The highest BCUT2D eigenvalue weighted by atomic mass is 16.5. The van der Waals surface area contributed by atoms with Crippen molar-refractivity contribution in [3.63, 3.8) is 0 Å². The molecule has 2 nitrogen and oxygen atoms in total. The Hall–Kier alpha value is -1.96. The second-order valence-corrected chi connectivity index (χ2v) is 3.48. The molecule has 0 radical (unpaired) electrons. The molecular formula is C14H14O2. The Balaban J connectivity index is 2.35. The van der Waals surface area contributed by atoms with Gasteiger partial charge in [-0.3, -0.25) is 0 Å². The minimum absolute atomic E-state index is 0.184. The molecule has 0 saturated heterocycles. The molecule has 2 rings (SSSR count). The largest absolute Gasteiger partial charge is 0.504 e. The monoisotopic (exact) mass is 214 g/mol. The lowest BCUT2D eigenvalue weighted by atomic mass is 10.1. The highest BCUT2D eigenvalue weighted by Crippen LogP contribution is 2.31. The Morgan fingerprint density at radius 2 is 1.75 bits per heavy atom. The zero-order chi connectivity index (χ0) is 11.4. The number of hydrogen-bond donors (Lipinski definition) is 1. The fourth-order valence-electron chi connectivity index (χ4n) is 1.61. The number of phenols is 1. The fraction of sp³-hybridized carbons (Fsp3) is 0.143. The first-order chi connectivity index (χ1) is 7.81. The maximum atomic E-state index is 9.76. The second kappa shape index (κ2) is 4.71. The van der Waals surface area contributed by atoms with Gasteiger partial charge >= 0.3 is 0 Å². The number of ether oxygens (including phenoxy) is 1. The van der Waals surface area contributed by atoms with Gasteiger partial charge < -0.3 is 9.84 Å². The first-order valence-electron chi connectivity index (χ1n) is 5.32. The fourth-order valence-corrected chi connectivity index (χ4v) is 1.61. The van der Waals surface area contributed by atoms with Gasteiger partial charge in [-0.05, 0) is 30.2 Å². The van der Waals surface area contributed by atoms with Gasteiger partial charge in [0.15, 0.2) is 11.5 Å². The summed E-state index contributed by atoms with van der Waals surface area (Å²) in [4.78, 5) is 0. The lowest BCUT2D eigenvalue weighted by molar-refractivity contribution is 0.318. The van der Waals surface area contributed by atoms with Crippen molar-refractivity contribution in [2.45, 2.75) is 6.92 Å². The Morgan fingerprint density at radius 1 is 1.00 bits per heavy atom. The molecule has 0 saturated carbocycles. The molecule has 0 fully saturated rings. The lowest BCUT2D eigenvalue weighted by Gasteiger charge is -2.07. The van der Waals surface area contributed by atoms with Gasteiger partial charge in [0, 0.05) is 0 Å². The third-order valence-electron chi connectivity index (χ3n) is 2.37. The van der Waals surface area contributed by atoms with Crippen molar-refractivity contribution in [3.8, 4) is 22.6 Å². The van der Waals surface area contributed by atoms with Crippen LogP contribution < -0.4 is 4.74 Å². The van der Waals surface area contributed by atoms with Gasteiger partial charge in [-0.1, -0.05) is 36.4 Å². The van der Waals surface area contributed by atoms with Crippen LogP contribution in [-0.2, 0) is 0 Å². The summed E-state index contributed by atoms with van der Waals surface area (Å²) in [7, 11) is 0. The van der Waals surface area contributed by atoms with Crippen molar-refractivity contribution in [1.82, 2.24) is 0 Å². The normalized spacial score (nSPS) is 10.1. The minimum atomic E-state index is 0.184. The summed E-state index contributed by atoms with van der Waals surface area (Å²) in [5.74, 6) is 0.713. The predicted octanol–water partition coefficient (Wildman–Crippen LogP) is 3.46. The summed E-state index contributed by atoms with van der Waals surface area (Å²) < 4.78 is 5.28. The lowest BCUT2D eigenvalue weighted by Crippen LogP contribution is -1.91. The molecule has 1 N–H and O–H groups in total. The molecule has 0 heterocycles. The quantitative estimate of drug-likeness (QED) is 0.847. The van der Waals surface area contributed by atoms with Crippen LogP contribution in [-0.4, -0.2) is 11.7 Å². The SMILES string of the molecule is CCOc1ccc(-c2ccccc2)cc1O. The highest BCUT2D eigenvalue weighted by molar-refractivity contribution is 5.66. The van der Waals surface area contributed by atoms with Gasteiger partial charge in [0.2, 0.25) is 0 Å². The molecule has 0 unspecified atom stereocenters. The number of hydrogen-bond acceptors (Lipinski definition) is 2. The maximum Gasteiger partial charge on any atom is 0.160 e. The van der Waals surface area contributed by atoms with Crippen molar-refractivity contribution >= 4 is 0 Å². The Labute approximate surface area is 95.1 Å². The van der Waals surface area contributed by atoms with E-state index in [0.29, 0.717) is 12.4 Å². The molecule has 0 aliphatic rings. The first kappa shape index (κ1) is 10.6. The molecule has 82 valence electrons. The smallest absolute Gasteiger partial charge is 0.160 e. The first-order valence-corrected chi connectivity index (χ1v) is 5.32. The van der Waals surface area contributed by atoms with Crippen molar-refractivity contribution < 1.29 is 9.84 Å². The third-order valence-corrected chi connectivity index (χ3v) is 2.37. The van der Waals surface area contributed by atoms with E-state index in [1.54, 1.807) is 12.1 Å². The Kier molecular flexibility index (Phi) is 3.10. The van der Waals surface area contributed by atoms with E-state index in [1.165, 1.54) is 0 Å². The molecule has 2 aromatic rings. The van der Waals surface area contributed by atoms with Gasteiger partial charge in [-0.2, -0.15) is 0 Å². The van der Waals surface area contributed by atoms with Gasteiger partial charge in [0.25, 0.3) is 0 Å². The molecule has 2 heteroatoms. The van der Waals surface area contributed by atoms with Crippen LogP contribution in [0.1, 0.15) is 6.92 Å². The molecule has 0 aliphatic heterocycles. The van der Waals surface area contributed by atoms with Crippen LogP contribution in [0.25, 0.3) is 11.1 Å². The maximum absolute atomic E-state index is 9.76. The van der Waals surface area contributed by atoms with Crippen LogP contribution in [0.15, 0.2) is 48.5 Å². The van der Waals surface area contributed by atoms with Crippen LogP contribution in [0, 0.1) is 0 Å². The number of benzene rings is 2. The molecule has 2 aromatic carbocycles. The van der Waals surface area contributed by atoms with Crippen LogP contribution in [0.2, 0.25) is 0 Å². The number of rotatable bonds is 3. The average molecular weight is 214 g/mol. The molecule has 0 aliphatic carbocycles. The minimum Gasteiger partial charge on any atom is -0.504 e. The Bertz CT molecular complexity index is 463. The molecule has 0 bridgehead atoms. The van der Waals surface area contributed by atoms with Gasteiger partial charge in [-0.15, -0.1) is 0 Å². The second-order valence-electron chi connectivity index (χ2n) is 3.48. The van der Waals surface area contributed by atoms with Crippen LogP contribution in [0.5, 0.6) is 11.5 Å². The molecule has 16 heavy (non-hydrogen) atoms. The van der Waals surface area contributed by atoms with E-state index in [9.17, 15) is 5.11 Å². The zero-order valence-electron chi connectivity index (χ0n) is 9.18. The summed E-state index contributed by atoms with van der Waals surface area (Å²) in [5.41, 5.74) is 2.07. The summed E-state index contributed by atoms with van der Waals surface area (Å²) in [6.45, 7) is 2.45. The summed E-state index contributed by atoms with van der Waals surface area (Å²) >= 11 is 0. The molecular weight excluding hydrogens is 200 g/mol. The molecule has 0 spiro atoms. The predicted molar refractivity (Wildman–Crippen MR) is 64.7 cm³/mol. The number of phenolic OH excluding ortho intramolecular Hbond substituents is 1. The molecule has 0 aromatic heterocycles. The average Bonchev–Trinajstić information content (AvgIpc) is 2.33. The standard InChI is InChI=1S/C14H14O2/c1-2-16-14-9-8-12(10-13(14)15)11-6-4-3-5-7-11/h3-10,15H,2H2,1H3. The van der Waals surface area contributed by atoms with Crippen molar-refractivity contribution in [1.29, 1.82) is 0 Å². The van der Waals surface area contributed by atoms with Crippen LogP contribution >= 0.6 is 0 Å². The summed E-state index contributed by atoms with van der Waals surface area (Å²) in [6.07, 6.45) is 0. The van der Waals surface area contributed by atoms with Crippen molar-refractivity contribution in [2.75, 3.05) is 6.61 Å². The summed E-state index contributed by atoms with van der Waals surface area (Å²) in [6, 6.07) is 15.4. The number of aromatic hydroxyl groups is 1. The summed E-state index contributed by atoms with van der Waals surface area (Å²) in [5, 5.41) is 9.76. The Morgan fingerprint density at radius 3 is 2.38 bits per heavy atom. The van der Waals surface area contributed by atoms with Crippen LogP contribution in [0.4, 0.5) is 0 Å². The van der Waals surface area contributed by atoms with Crippen molar-refractivity contribution in [2.24, 2.45) is 0 Å². The van der Waals surface area contributed by atoms with Gasteiger partial charge in [0.1, 0.15) is 0 Å². The van der Waals surface area contributed by atoms with Gasteiger partial charge in [0.05, 0.1) is 6.61 Å². The van der Waals surface area contributed by atoms with E-state index in [-0.39, 0.29) is 5.75 Å². The van der Waals surface area contributed by atoms with Gasteiger partial charge in [-0.25, -0.2) is 0 Å². The molecule has 0 atom stereocenters. The van der Waals surface area contributed by atoms with E-state index >= 15 is 0 Å². The van der Waals surface area contributed by atoms with E-state index in [2.05, 4.69) is 0 Å².